The molecule has 0 saturated carbocycles. The van der Waals surface area contributed by atoms with Crippen molar-refractivity contribution >= 4 is 5.91 Å². The minimum Gasteiger partial charge on any atom is -0.372 e. The van der Waals surface area contributed by atoms with Crippen LogP contribution < -0.4 is 5.73 Å². The first-order valence-corrected chi connectivity index (χ1v) is 5.03. The largest absolute Gasteiger partial charge is 0.372 e. The van der Waals surface area contributed by atoms with E-state index >= 15 is 0 Å². The Morgan fingerprint density at radius 2 is 2.12 bits per heavy atom. The number of amides is 1. The molecule has 84 valence electrons. The first-order valence-electron chi connectivity index (χ1n) is 5.03. The lowest BCUT2D eigenvalue weighted by molar-refractivity contribution is -0.121. The van der Waals surface area contributed by atoms with Crippen LogP contribution in [0.15, 0.2) is 30.3 Å². The lowest BCUT2D eigenvalue weighted by atomic mass is 10.2. The Balaban J connectivity index is 2.44. The van der Waals surface area contributed by atoms with E-state index in [-0.39, 0.29) is 12.8 Å². The summed E-state index contributed by atoms with van der Waals surface area (Å²) in [5.74, 6) is -0.451. The third-order valence-corrected chi connectivity index (χ3v) is 2.08. The Hall–Kier alpha value is -1.86. The molecule has 0 radical (unpaired) electrons. The molecule has 1 unspecified atom stereocenters. The maximum absolute atomic E-state index is 10.7. The van der Waals surface area contributed by atoms with Gasteiger partial charge >= 0.3 is 0 Å². The fourth-order valence-corrected chi connectivity index (χ4v) is 1.30. The summed E-state index contributed by atoms with van der Waals surface area (Å²) in [5, 5.41) is 8.56. The van der Waals surface area contributed by atoms with Crippen molar-refractivity contribution in [3.63, 3.8) is 0 Å². The average molecular weight is 218 g/mol. The minimum atomic E-state index is -0.451. The van der Waals surface area contributed by atoms with Crippen LogP contribution in [-0.2, 0) is 16.1 Å². The van der Waals surface area contributed by atoms with Crippen molar-refractivity contribution in [3.05, 3.63) is 35.9 Å². The van der Waals surface area contributed by atoms with E-state index in [0.29, 0.717) is 6.61 Å². The lowest BCUT2D eigenvalue weighted by Gasteiger charge is -2.13. The Morgan fingerprint density at radius 1 is 1.44 bits per heavy atom. The number of hydrogen-bond acceptors (Lipinski definition) is 3. The molecule has 1 atom stereocenters. The van der Waals surface area contributed by atoms with E-state index < -0.39 is 12.0 Å². The fourth-order valence-electron chi connectivity index (χ4n) is 1.30. The number of benzene rings is 1. The normalized spacial score (nSPS) is 11.7. The van der Waals surface area contributed by atoms with Crippen molar-refractivity contribution in [1.29, 1.82) is 5.26 Å². The molecule has 0 aliphatic heterocycles. The Morgan fingerprint density at radius 3 is 2.69 bits per heavy atom. The average Bonchev–Trinajstić information content (AvgIpc) is 2.27. The summed E-state index contributed by atoms with van der Waals surface area (Å²) in [6.07, 6.45) is -0.154. The van der Waals surface area contributed by atoms with Crippen LogP contribution in [0.2, 0.25) is 0 Å². The van der Waals surface area contributed by atoms with Gasteiger partial charge in [0.25, 0.3) is 0 Å². The molecule has 1 aromatic carbocycles. The summed E-state index contributed by atoms with van der Waals surface area (Å²) in [5.41, 5.74) is 6.07. The molecule has 0 heterocycles. The number of primary amides is 1. The zero-order valence-electron chi connectivity index (χ0n) is 8.93. The molecule has 4 nitrogen and oxygen atoms in total. The maximum atomic E-state index is 10.7. The Labute approximate surface area is 94.6 Å². The smallest absolute Gasteiger partial charge is 0.220 e. The van der Waals surface area contributed by atoms with Crippen LogP contribution in [0, 0.1) is 11.3 Å². The van der Waals surface area contributed by atoms with E-state index in [1.54, 1.807) is 0 Å². The molecule has 4 heteroatoms. The first kappa shape index (κ1) is 12.2. The summed E-state index contributed by atoms with van der Waals surface area (Å²) in [4.78, 5) is 10.7. The number of nitrogens with two attached hydrogens (primary N) is 1. The first-order chi connectivity index (χ1) is 7.72. The molecule has 1 amide bonds. The highest BCUT2D eigenvalue weighted by Gasteiger charge is 2.12. The van der Waals surface area contributed by atoms with Crippen LogP contribution in [-0.4, -0.2) is 12.0 Å². The number of carbonyl (C=O) groups is 1. The molecule has 1 aromatic rings. The van der Waals surface area contributed by atoms with Gasteiger partial charge < -0.3 is 10.5 Å². The molecular formula is C12H14N2O2. The van der Waals surface area contributed by atoms with E-state index in [4.69, 9.17) is 15.7 Å². The molecule has 0 aliphatic rings. The molecule has 0 spiro atoms. The molecule has 0 fully saturated rings. The summed E-state index contributed by atoms with van der Waals surface area (Å²) >= 11 is 0. The second kappa shape index (κ2) is 6.59. The molecular weight excluding hydrogens is 204 g/mol. The molecule has 0 saturated heterocycles. The lowest BCUT2D eigenvalue weighted by Crippen LogP contribution is -2.22. The van der Waals surface area contributed by atoms with Crippen LogP contribution in [0.4, 0.5) is 0 Å². The van der Waals surface area contributed by atoms with E-state index in [9.17, 15) is 4.79 Å². The molecule has 1 rings (SSSR count). The van der Waals surface area contributed by atoms with Gasteiger partial charge in [0.15, 0.2) is 0 Å². The maximum Gasteiger partial charge on any atom is 0.220 e. The highest BCUT2D eigenvalue weighted by atomic mass is 16.5. The van der Waals surface area contributed by atoms with Gasteiger partial charge in [0.2, 0.25) is 5.91 Å². The number of ether oxygens (including phenoxy) is 1. The fraction of sp³-hybridized carbons (Fsp3) is 0.333. The third-order valence-electron chi connectivity index (χ3n) is 2.08. The van der Waals surface area contributed by atoms with Gasteiger partial charge in [0.05, 0.1) is 31.6 Å². The van der Waals surface area contributed by atoms with Crippen molar-refractivity contribution in [2.45, 2.75) is 25.6 Å². The second-order valence-corrected chi connectivity index (χ2v) is 3.45. The topological polar surface area (TPSA) is 76.1 Å². The van der Waals surface area contributed by atoms with Crippen LogP contribution in [0.1, 0.15) is 18.4 Å². The van der Waals surface area contributed by atoms with Crippen LogP contribution in [0.3, 0.4) is 0 Å². The van der Waals surface area contributed by atoms with Gasteiger partial charge in [-0.2, -0.15) is 5.26 Å². The van der Waals surface area contributed by atoms with Crippen molar-refractivity contribution in [2.24, 2.45) is 5.73 Å². The zero-order chi connectivity index (χ0) is 11.8. The number of rotatable bonds is 6. The second-order valence-electron chi connectivity index (χ2n) is 3.45. The third kappa shape index (κ3) is 4.58. The standard InChI is InChI=1S/C12H14N2O2/c13-7-6-11(8-12(14)15)16-9-10-4-2-1-3-5-10/h1-5,11H,6,8-9H2,(H2,14,15). The SMILES string of the molecule is N#CCC(CC(N)=O)OCc1ccccc1. The summed E-state index contributed by atoms with van der Waals surface area (Å²) in [6, 6.07) is 11.6. The van der Waals surface area contributed by atoms with E-state index in [2.05, 4.69) is 0 Å². The quantitative estimate of drug-likeness (QED) is 0.783. The van der Waals surface area contributed by atoms with Crippen molar-refractivity contribution < 1.29 is 9.53 Å². The Bertz CT molecular complexity index is 370. The van der Waals surface area contributed by atoms with Crippen molar-refractivity contribution in [1.82, 2.24) is 0 Å². The summed E-state index contributed by atoms with van der Waals surface area (Å²) in [7, 11) is 0. The van der Waals surface area contributed by atoms with Gasteiger partial charge in [-0.3, -0.25) is 4.79 Å². The van der Waals surface area contributed by atoms with Crippen molar-refractivity contribution in [3.8, 4) is 6.07 Å². The van der Waals surface area contributed by atoms with E-state index in [1.807, 2.05) is 36.4 Å². The highest BCUT2D eigenvalue weighted by Crippen LogP contribution is 2.08. The van der Waals surface area contributed by atoms with E-state index in [0.717, 1.165) is 5.56 Å². The molecule has 2 N–H and O–H groups in total. The van der Waals surface area contributed by atoms with E-state index in [1.165, 1.54) is 0 Å². The monoisotopic (exact) mass is 218 g/mol. The van der Waals surface area contributed by atoms with Crippen molar-refractivity contribution in [2.75, 3.05) is 0 Å². The molecule has 0 bridgehead atoms. The van der Waals surface area contributed by atoms with Crippen LogP contribution >= 0.6 is 0 Å². The molecule has 16 heavy (non-hydrogen) atoms. The van der Waals surface area contributed by atoms with Gasteiger partial charge in [0, 0.05) is 0 Å². The number of hydrogen-bond donors (Lipinski definition) is 1. The summed E-state index contributed by atoms with van der Waals surface area (Å²) < 4.78 is 5.46. The van der Waals surface area contributed by atoms with Gasteiger partial charge in [-0.15, -0.1) is 0 Å². The minimum absolute atomic E-state index is 0.0837. The predicted molar refractivity (Wildman–Crippen MR) is 59.1 cm³/mol. The number of carbonyl (C=O) groups excluding carboxylic acids is 1. The predicted octanol–water partition coefficient (Wildman–Crippen LogP) is 1.36. The van der Waals surface area contributed by atoms with Crippen LogP contribution in [0.25, 0.3) is 0 Å². The number of nitriles is 1. The van der Waals surface area contributed by atoms with Gasteiger partial charge in [-0.1, -0.05) is 30.3 Å². The highest BCUT2D eigenvalue weighted by molar-refractivity contribution is 5.74. The molecule has 0 aliphatic carbocycles. The molecule has 0 aromatic heterocycles. The van der Waals surface area contributed by atoms with Gasteiger partial charge in [-0.05, 0) is 5.56 Å². The zero-order valence-corrected chi connectivity index (χ0v) is 8.93. The van der Waals surface area contributed by atoms with Crippen LogP contribution in [0.5, 0.6) is 0 Å². The number of nitrogens with zero attached hydrogens (tertiary/aromatic N) is 1. The van der Waals surface area contributed by atoms with Gasteiger partial charge in [-0.25, -0.2) is 0 Å². The summed E-state index contributed by atoms with van der Waals surface area (Å²) in [6.45, 7) is 0.389. The van der Waals surface area contributed by atoms with Gasteiger partial charge in [0.1, 0.15) is 0 Å². The Kier molecular flexibility index (Phi) is 5.03.